The maximum atomic E-state index is 11.4. The fourth-order valence-electron chi connectivity index (χ4n) is 1.58. The molecule has 92 valence electrons. The summed E-state index contributed by atoms with van der Waals surface area (Å²) < 4.78 is 1.73. The van der Waals surface area contributed by atoms with Gasteiger partial charge in [-0.3, -0.25) is 4.79 Å². The molecule has 0 bridgehead atoms. The minimum Gasteiger partial charge on any atom is -0.323 e. The second-order valence-corrected chi connectivity index (χ2v) is 3.78. The number of carbonyl (C=O) groups excluding carboxylic acids is 1. The Morgan fingerprint density at radius 3 is 3.11 bits per heavy atom. The van der Waals surface area contributed by atoms with Gasteiger partial charge in [0, 0.05) is 5.69 Å². The van der Waals surface area contributed by atoms with Crippen LogP contribution in [0.3, 0.4) is 0 Å². The van der Waals surface area contributed by atoms with Crippen molar-refractivity contribution in [2.75, 3.05) is 5.32 Å². The Morgan fingerprint density at radius 1 is 1.50 bits per heavy atom. The first-order chi connectivity index (χ1) is 8.78. The van der Waals surface area contributed by atoms with Crippen molar-refractivity contribution in [3.05, 3.63) is 54.6 Å². The number of nitrogens with zero attached hydrogens (tertiary/aromatic N) is 3. The second-order valence-electron chi connectivity index (χ2n) is 3.78. The molecule has 0 saturated carbocycles. The fraction of sp³-hybridized carbons (Fsp3) is 0.154. The standard InChI is InChI=1S/C13H14N4O/c1-2-4-13(18)16-12-6-3-5-11(7-12)8-17-10-14-9-15-17/h2-7,9-10H,8H2,1H3,(H,16,18). The lowest BCUT2D eigenvalue weighted by Gasteiger charge is -2.05. The average molecular weight is 242 g/mol. The molecule has 0 aliphatic carbocycles. The normalized spacial score (nSPS) is 10.7. The lowest BCUT2D eigenvalue weighted by atomic mass is 10.2. The molecule has 0 fully saturated rings. The molecule has 5 heteroatoms. The Hall–Kier alpha value is -2.43. The van der Waals surface area contributed by atoms with E-state index in [-0.39, 0.29) is 5.91 Å². The number of allylic oxidation sites excluding steroid dienone is 1. The highest BCUT2D eigenvalue weighted by atomic mass is 16.1. The van der Waals surface area contributed by atoms with Crippen LogP contribution in [0.5, 0.6) is 0 Å². The topological polar surface area (TPSA) is 59.8 Å². The zero-order valence-corrected chi connectivity index (χ0v) is 10.1. The highest BCUT2D eigenvalue weighted by Gasteiger charge is 2.00. The van der Waals surface area contributed by atoms with Crippen molar-refractivity contribution in [2.45, 2.75) is 13.5 Å². The largest absolute Gasteiger partial charge is 0.323 e. The number of hydrogen-bond acceptors (Lipinski definition) is 3. The number of aromatic nitrogens is 3. The first kappa shape index (κ1) is 12.0. The van der Waals surface area contributed by atoms with Gasteiger partial charge in [-0.1, -0.05) is 18.2 Å². The predicted molar refractivity (Wildman–Crippen MR) is 69.0 cm³/mol. The summed E-state index contributed by atoms with van der Waals surface area (Å²) in [6, 6.07) is 7.65. The van der Waals surface area contributed by atoms with Gasteiger partial charge in [0.25, 0.3) is 0 Å². The maximum absolute atomic E-state index is 11.4. The molecule has 1 aromatic carbocycles. The molecule has 1 aromatic heterocycles. The van der Waals surface area contributed by atoms with Gasteiger partial charge >= 0.3 is 0 Å². The summed E-state index contributed by atoms with van der Waals surface area (Å²) in [6.07, 6.45) is 6.35. The average Bonchev–Trinajstić information content (AvgIpc) is 2.82. The fourth-order valence-corrected chi connectivity index (χ4v) is 1.58. The molecule has 0 saturated heterocycles. The van der Waals surface area contributed by atoms with E-state index in [0.717, 1.165) is 11.3 Å². The lowest BCUT2D eigenvalue weighted by Crippen LogP contribution is -2.08. The van der Waals surface area contributed by atoms with Gasteiger partial charge in [-0.2, -0.15) is 5.10 Å². The van der Waals surface area contributed by atoms with Gasteiger partial charge < -0.3 is 5.32 Å². The first-order valence-electron chi connectivity index (χ1n) is 5.63. The third-order valence-electron chi connectivity index (χ3n) is 2.32. The van der Waals surface area contributed by atoms with Gasteiger partial charge in [-0.25, -0.2) is 9.67 Å². The minimum atomic E-state index is -0.129. The molecule has 1 N–H and O–H groups in total. The zero-order valence-electron chi connectivity index (χ0n) is 10.1. The maximum Gasteiger partial charge on any atom is 0.248 e. The summed E-state index contributed by atoms with van der Waals surface area (Å²) in [7, 11) is 0. The van der Waals surface area contributed by atoms with E-state index < -0.39 is 0 Å². The molecule has 2 aromatic rings. The van der Waals surface area contributed by atoms with Crippen molar-refractivity contribution in [2.24, 2.45) is 0 Å². The summed E-state index contributed by atoms with van der Waals surface area (Å²) >= 11 is 0. The smallest absolute Gasteiger partial charge is 0.248 e. The SMILES string of the molecule is CC=CC(=O)Nc1cccc(Cn2cncn2)c1. The number of amides is 1. The van der Waals surface area contributed by atoms with Crippen LogP contribution in [0, 0.1) is 0 Å². The van der Waals surface area contributed by atoms with E-state index in [9.17, 15) is 4.79 Å². The van der Waals surface area contributed by atoms with Crippen molar-refractivity contribution in [3.63, 3.8) is 0 Å². The molecule has 1 amide bonds. The van der Waals surface area contributed by atoms with Crippen LogP contribution < -0.4 is 5.32 Å². The Bertz CT molecular complexity index is 546. The van der Waals surface area contributed by atoms with Crippen molar-refractivity contribution in [1.29, 1.82) is 0 Å². The lowest BCUT2D eigenvalue weighted by molar-refractivity contribution is -0.111. The van der Waals surface area contributed by atoms with Gasteiger partial charge in [0.05, 0.1) is 6.54 Å². The van der Waals surface area contributed by atoms with Crippen LogP contribution in [0.4, 0.5) is 5.69 Å². The Morgan fingerprint density at radius 2 is 2.39 bits per heavy atom. The van der Waals surface area contributed by atoms with Crippen LogP contribution in [0.1, 0.15) is 12.5 Å². The summed E-state index contributed by atoms with van der Waals surface area (Å²) in [5, 5.41) is 6.83. The van der Waals surface area contributed by atoms with Crippen molar-refractivity contribution in [3.8, 4) is 0 Å². The molecule has 0 atom stereocenters. The number of carbonyl (C=O) groups is 1. The molecule has 0 aliphatic heterocycles. The quantitative estimate of drug-likeness (QED) is 0.832. The highest BCUT2D eigenvalue weighted by molar-refractivity contribution is 5.99. The molecule has 0 unspecified atom stereocenters. The Balaban J connectivity index is 2.07. The van der Waals surface area contributed by atoms with Crippen LogP contribution in [0.2, 0.25) is 0 Å². The van der Waals surface area contributed by atoms with Crippen molar-refractivity contribution >= 4 is 11.6 Å². The molecule has 0 radical (unpaired) electrons. The van der Waals surface area contributed by atoms with Crippen LogP contribution in [-0.2, 0) is 11.3 Å². The number of hydrogen-bond donors (Lipinski definition) is 1. The zero-order chi connectivity index (χ0) is 12.8. The molecular formula is C13H14N4O. The van der Waals surface area contributed by atoms with Crippen LogP contribution in [0.15, 0.2) is 49.1 Å². The van der Waals surface area contributed by atoms with E-state index >= 15 is 0 Å². The van der Waals surface area contributed by atoms with E-state index in [0.29, 0.717) is 6.54 Å². The van der Waals surface area contributed by atoms with Crippen LogP contribution in [0.25, 0.3) is 0 Å². The number of anilines is 1. The summed E-state index contributed by atoms with van der Waals surface area (Å²) in [4.78, 5) is 15.3. The Kier molecular flexibility index (Phi) is 3.86. The number of rotatable bonds is 4. The van der Waals surface area contributed by atoms with E-state index in [1.54, 1.807) is 24.0 Å². The van der Waals surface area contributed by atoms with E-state index in [4.69, 9.17) is 0 Å². The van der Waals surface area contributed by atoms with E-state index in [1.165, 1.54) is 12.4 Å². The third-order valence-corrected chi connectivity index (χ3v) is 2.32. The molecule has 0 spiro atoms. The summed E-state index contributed by atoms with van der Waals surface area (Å²) in [6.45, 7) is 2.44. The van der Waals surface area contributed by atoms with Crippen LogP contribution >= 0.6 is 0 Å². The van der Waals surface area contributed by atoms with Gasteiger partial charge in [0.15, 0.2) is 0 Å². The summed E-state index contributed by atoms with van der Waals surface area (Å²) in [5.74, 6) is -0.129. The molecule has 18 heavy (non-hydrogen) atoms. The van der Waals surface area contributed by atoms with E-state index in [1.807, 2.05) is 24.3 Å². The second kappa shape index (κ2) is 5.77. The Labute approximate surface area is 105 Å². The number of nitrogens with one attached hydrogen (secondary N) is 1. The van der Waals surface area contributed by atoms with Gasteiger partial charge in [-0.05, 0) is 30.7 Å². The molecule has 0 aliphatic rings. The predicted octanol–water partition coefficient (Wildman–Crippen LogP) is 1.84. The molecule has 5 nitrogen and oxygen atoms in total. The minimum absolute atomic E-state index is 0.129. The molecule has 2 rings (SSSR count). The third kappa shape index (κ3) is 3.28. The monoisotopic (exact) mass is 242 g/mol. The summed E-state index contributed by atoms with van der Waals surface area (Å²) in [5.41, 5.74) is 1.83. The van der Waals surface area contributed by atoms with Gasteiger partial charge in [0.1, 0.15) is 12.7 Å². The first-order valence-corrected chi connectivity index (χ1v) is 5.63. The van der Waals surface area contributed by atoms with E-state index in [2.05, 4.69) is 15.4 Å². The number of benzene rings is 1. The molecule has 1 heterocycles. The van der Waals surface area contributed by atoms with Crippen LogP contribution in [-0.4, -0.2) is 20.7 Å². The van der Waals surface area contributed by atoms with Crippen molar-refractivity contribution < 1.29 is 4.79 Å². The van der Waals surface area contributed by atoms with Crippen molar-refractivity contribution in [1.82, 2.24) is 14.8 Å². The molecular weight excluding hydrogens is 228 g/mol. The highest BCUT2D eigenvalue weighted by Crippen LogP contribution is 2.11. The van der Waals surface area contributed by atoms with Gasteiger partial charge in [-0.15, -0.1) is 0 Å². The van der Waals surface area contributed by atoms with Gasteiger partial charge in [0.2, 0.25) is 5.91 Å².